The molecule has 0 amide bonds. The SMILES string of the molecule is COc1c(F)cc(SC2CCN(C[C@@]3(C)Cn4cc([N+](=O)[O-])nc4O3)CC2)c(F)c1F. The Labute approximate surface area is 180 Å². The first-order valence-corrected chi connectivity index (χ1v) is 10.6. The lowest BCUT2D eigenvalue weighted by Crippen LogP contribution is -2.47. The Hall–Kier alpha value is -2.47. The molecule has 0 spiro atoms. The average molecular weight is 458 g/mol. The second kappa shape index (κ2) is 8.23. The van der Waals surface area contributed by atoms with Crippen LogP contribution in [0.2, 0.25) is 0 Å². The van der Waals surface area contributed by atoms with Crippen LogP contribution in [-0.4, -0.2) is 57.0 Å². The predicted octanol–water partition coefficient (Wildman–Crippen LogP) is 3.63. The van der Waals surface area contributed by atoms with Crippen molar-refractivity contribution in [1.29, 1.82) is 0 Å². The van der Waals surface area contributed by atoms with E-state index in [2.05, 4.69) is 14.6 Å². The highest BCUT2D eigenvalue weighted by molar-refractivity contribution is 8.00. The quantitative estimate of drug-likeness (QED) is 0.371. The number of hydrogen-bond acceptors (Lipinski definition) is 7. The van der Waals surface area contributed by atoms with Crippen LogP contribution in [0, 0.1) is 27.6 Å². The summed E-state index contributed by atoms with van der Waals surface area (Å²) in [6.07, 6.45) is 2.79. The minimum absolute atomic E-state index is 0.0216. The number of piperidine rings is 1. The van der Waals surface area contributed by atoms with Gasteiger partial charge in [0, 0.05) is 21.7 Å². The standard InChI is InChI=1S/C19H21F3N4O4S/c1-19(10-25-8-14(26(27)28)23-18(25)30-19)9-24-5-3-11(4-6-24)31-13-7-12(20)17(29-2)16(22)15(13)21/h7-8,11H,3-6,9-10H2,1-2H3/t19-/m0/s1. The number of benzene rings is 1. The zero-order chi connectivity index (χ0) is 22.3. The third-order valence-electron chi connectivity index (χ3n) is 5.43. The molecule has 2 aliphatic heterocycles. The van der Waals surface area contributed by atoms with E-state index in [0.29, 0.717) is 39.0 Å². The van der Waals surface area contributed by atoms with Crippen LogP contribution < -0.4 is 9.47 Å². The first-order chi connectivity index (χ1) is 14.7. The molecule has 3 heterocycles. The fraction of sp³-hybridized carbons (Fsp3) is 0.526. The second-order valence-corrected chi connectivity index (χ2v) is 9.27. The molecule has 12 heteroatoms. The summed E-state index contributed by atoms with van der Waals surface area (Å²) in [6.45, 7) is 4.39. The van der Waals surface area contributed by atoms with Gasteiger partial charge >= 0.3 is 11.8 Å². The van der Waals surface area contributed by atoms with Crippen molar-refractivity contribution in [3.8, 4) is 11.8 Å². The first-order valence-electron chi connectivity index (χ1n) is 9.70. The van der Waals surface area contributed by atoms with Gasteiger partial charge in [0.05, 0.1) is 13.7 Å². The molecule has 2 aliphatic rings. The Morgan fingerprint density at radius 3 is 2.68 bits per heavy atom. The summed E-state index contributed by atoms with van der Waals surface area (Å²) in [5, 5.41) is 10.9. The molecule has 4 rings (SSSR count). The number of nitrogens with zero attached hydrogens (tertiary/aromatic N) is 4. The number of imidazole rings is 1. The average Bonchev–Trinajstić information content (AvgIpc) is 3.23. The highest BCUT2D eigenvalue weighted by Crippen LogP contribution is 2.37. The van der Waals surface area contributed by atoms with E-state index in [-0.39, 0.29) is 22.0 Å². The molecule has 0 N–H and O–H groups in total. The van der Waals surface area contributed by atoms with Crippen LogP contribution in [0.15, 0.2) is 17.2 Å². The van der Waals surface area contributed by atoms with Gasteiger partial charge in [0.2, 0.25) is 5.82 Å². The molecule has 0 unspecified atom stereocenters. The minimum Gasteiger partial charge on any atom is -0.491 e. The van der Waals surface area contributed by atoms with Crippen molar-refractivity contribution in [2.45, 2.75) is 42.1 Å². The summed E-state index contributed by atoms with van der Waals surface area (Å²) >= 11 is 1.13. The van der Waals surface area contributed by atoms with Gasteiger partial charge in [-0.25, -0.2) is 8.78 Å². The van der Waals surface area contributed by atoms with Crippen LogP contribution in [-0.2, 0) is 6.54 Å². The Morgan fingerprint density at radius 2 is 2.06 bits per heavy atom. The Morgan fingerprint density at radius 1 is 1.35 bits per heavy atom. The van der Waals surface area contributed by atoms with Crippen molar-refractivity contribution in [2.24, 2.45) is 0 Å². The Bertz CT molecular complexity index is 987. The zero-order valence-corrected chi connectivity index (χ0v) is 17.8. The molecule has 2 aromatic rings. The van der Waals surface area contributed by atoms with Gasteiger partial charge in [0.25, 0.3) is 0 Å². The van der Waals surface area contributed by atoms with Crippen molar-refractivity contribution in [3.05, 3.63) is 39.8 Å². The lowest BCUT2D eigenvalue weighted by atomic mass is 10.0. The van der Waals surface area contributed by atoms with E-state index in [4.69, 9.17) is 4.74 Å². The third kappa shape index (κ3) is 4.31. The van der Waals surface area contributed by atoms with Crippen LogP contribution in [0.4, 0.5) is 19.0 Å². The van der Waals surface area contributed by atoms with Crippen molar-refractivity contribution in [3.63, 3.8) is 0 Å². The molecular formula is C19H21F3N4O4S. The number of fused-ring (bicyclic) bond motifs is 1. The van der Waals surface area contributed by atoms with Crippen molar-refractivity contribution in [1.82, 2.24) is 14.5 Å². The van der Waals surface area contributed by atoms with E-state index in [0.717, 1.165) is 24.9 Å². The predicted molar refractivity (Wildman–Crippen MR) is 106 cm³/mol. The lowest BCUT2D eigenvalue weighted by molar-refractivity contribution is -0.389. The molecule has 168 valence electrons. The maximum Gasteiger partial charge on any atom is 0.415 e. The molecule has 0 saturated carbocycles. The third-order valence-corrected chi connectivity index (χ3v) is 6.79. The molecule has 31 heavy (non-hydrogen) atoms. The molecule has 0 bridgehead atoms. The molecule has 1 aromatic carbocycles. The van der Waals surface area contributed by atoms with Crippen LogP contribution in [0.1, 0.15) is 19.8 Å². The molecule has 1 saturated heterocycles. The summed E-state index contributed by atoms with van der Waals surface area (Å²) in [5.41, 5.74) is -0.564. The Balaban J connectivity index is 1.32. The largest absolute Gasteiger partial charge is 0.491 e. The molecule has 1 atom stereocenters. The number of hydrogen-bond donors (Lipinski definition) is 0. The number of rotatable bonds is 6. The smallest absolute Gasteiger partial charge is 0.415 e. The summed E-state index contributed by atoms with van der Waals surface area (Å²) < 4.78 is 54.2. The molecular weight excluding hydrogens is 437 g/mol. The lowest BCUT2D eigenvalue weighted by Gasteiger charge is -2.36. The van der Waals surface area contributed by atoms with Gasteiger partial charge in [0.15, 0.2) is 17.4 Å². The summed E-state index contributed by atoms with van der Waals surface area (Å²) in [7, 11) is 1.09. The van der Waals surface area contributed by atoms with Crippen LogP contribution >= 0.6 is 11.8 Å². The number of halogens is 3. The van der Waals surface area contributed by atoms with E-state index < -0.39 is 33.7 Å². The second-order valence-electron chi connectivity index (χ2n) is 7.93. The number of likely N-dealkylation sites (tertiary alicyclic amines) is 1. The van der Waals surface area contributed by atoms with E-state index >= 15 is 0 Å². The van der Waals surface area contributed by atoms with Crippen molar-refractivity contribution in [2.75, 3.05) is 26.7 Å². The monoisotopic (exact) mass is 458 g/mol. The van der Waals surface area contributed by atoms with Gasteiger partial charge in [-0.2, -0.15) is 4.39 Å². The summed E-state index contributed by atoms with van der Waals surface area (Å²) in [5.74, 6) is -4.29. The fourth-order valence-electron chi connectivity index (χ4n) is 4.03. The molecule has 1 fully saturated rings. The van der Waals surface area contributed by atoms with E-state index in [1.54, 1.807) is 4.57 Å². The summed E-state index contributed by atoms with van der Waals surface area (Å²) in [4.78, 5) is 16.3. The van der Waals surface area contributed by atoms with Gasteiger partial charge in [-0.1, -0.05) is 0 Å². The number of aromatic nitrogens is 2. The maximum atomic E-state index is 14.2. The Kier molecular flexibility index (Phi) is 5.77. The number of methoxy groups -OCH3 is 1. The molecule has 1 aromatic heterocycles. The first kappa shape index (κ1) is 21.8. The highest BCUT2D eigenvalue weighted by Gasteiger charge is 2.42. The van der Waals surface area contributed by atoms with Gasteiger partial charge in [-0.05, 0) is 43.8 Å². The van der Waals surface area contributed by atoms with E-state index in [1.807, 2.05) is 6.92 Å². The minimum atomic E-state index is -1.31. The van der Waals surface area contributed by atoms with Crippen molar-refractivity contribution >= 4 is 17.6 Å². The van der Waals surface area contributed by atoms with Crippen molar-refractivity contribution < 1.29 is 27.6 Å². The topological polar surface area (TPSA) is 82.7 Å². The number of nitro groups is 1. The fourth-order valence-corrected chi connectivity index (χ4v) is 5.20. The summed E-state index contributed by atoms with van der Waals surface area (Å²) in [6, 6.07) is 1.21. The van der Waals surface area contributed by atoms with Crippen LogP contribution in [0.25, 0.3) is 0 Å². The van der Waals surface area contributed by atoms with Crippen LogP contribution in [0.3, 0.4) is 0 Å². The zero-order valence-electron chi connectivity index (χ0n) is 16.9. The van der Waals surface area contributed by atoms with Gasteiger partial charge < -0.3 is 19.6 Å². The van der Waals surface area contributed by atoms with Gasteiger partial charge in [-0.3, -0.25) is 9.47 Å². The molecule has 8 nitrogen and oxygen atoms in total. The van der Waals surface area contributed by atoms with E-state index in [9.17, 15) is 23.3 Å². The van der Waals surface area contributed by atoms with Gasteiger partial charge in [0.1, 0.15) is 11.8 Å². The number of thioether (sulfide) groups is 1. The molecule has 0 aliphatic carbocycles. The van der Waals surface area contributed by atoms with Gasteiger partial charge in [-0.15, -0.1) is 11.8 Å². The van der Waals surface area contributed by atoms with E-state index in [1.165, 1.54) is 6.20 Å². The highest BCUT2D eigenvalue weighted by atomic mass is 32.2. The normalized spacial score (nSPS) is 21.7. The number of ether oxygens (including phenoxy) is 2. The molecule has 0 radical (unpaired) electrons. The maximum absolute atomic E-state index is 14.2. The van der Waals surface area contributed by atoms with Crippen LogP contribution in [0.5, 0.6) is 11.8 Å².